The molecular weight excluding hydrogens is 504 g/mol. The van der Waals surface area contributed by atoms with Gasteiger partial charge in [0.15, 0.2) is 12.2 Å². The summed E-state index contributed by atoms with van der Waals surface area (Å²) >= 11 is 0. The van der Waals surface area contributed by atoms with Gasteiger partial charge in [-0.3, -0.25) is 14.5 Å². The summed E-state index contributed by atoms with van der Waals surface area (Å²) in [6.07, 6.45) is -1.69. The molecule has 3 unspecified atom stereocenters. The Hall–Kier alpha value is -4.91. The summed E-state index contributed by atoms with van der Waals surface area (Å²) in [5.41, 5.74) is 3.41. The summed E-state index contributed by atoms with van der Waals surface area (Å²) in [6.45, 7) is 0.0156. The van der Waals surface area contributed by atoms with E-state index in [0.717, 1.165) is 22.3 Å². The summed E-state index contributed by atoms with van der Waals surface area (Å²) in [5.74, 6) is -0.824. The zero-order valence-electron chi connectivity index (χ0n) is 21.7. The van der Waals surface area contributed by atoms with Gasteiger partial charge < -0.3 is 14.4 Å². The highest BCUT2D eigenvalue weighted by molar-refractivity contribution is 5.94. The Kier molecular flexibility index (Phi) is 7.02. The molecule has 0 radical (unpaired) electrons. The molecule has 0 aromatic heterocycles. The van der Waals surface area contributed by atoms with Crippen molar-refractivity contribution in [3.8, 4) is 0 Å². The van der Waals surface area contributed by atoms with Crippen LogP contribution in [0.15, 0.2) is 121 Å². The second-order valence-electron chi connectivity index (χ2n) is 9.90. The van der Waals surface area contributed by atoms with E-state index in [2.05, 4.69) is 0 Å². The molecule has 4 aromatic carbocycles. The lowest BCUT2D eigenvalue weighted by Crippen LogP contribution is -2.65. The fourth-order valence-electron chi connectivity index (χ4n) is 5.43. The fraction of sp³-hybridized carbons (Fsp3) is 0.182. The first-order valence-corrected chi connectivity index (χ1v) is 13.3. The van der Waals surface area contributed by atoms with Crippen molar-refractivity contribution in [3.63, 3.8) is 0 Å². The Labute approximate surface area is 232 Å². The molecule has 0 spiro atoms. The highest BCUT2D eigenvalue weighted by Gasteiger charge is 2.53. The zero-order valence-corrected chi connectivity index (χ0v) is 21.7. The van der Waals surface area contributed by atoms with Gasteiger partial charge in [-0.15, -0.1) is 0 Å². The first-order valence-electron chi connectivity index (χ1n) is 13.3. The predicted octanol–water partition coefficient (Wildman–Crippen LogP) is 5.46. The molecule has 2 amide bonds. The largest absolute Gasteiger partial charge is 0.451 e. The van der Waals surface area contributed by atoms with Crippen molar-refractivity contribution in [2.75, 3.05) is 13.1 Å². The van der Waals surface area contributed by atoms with E-state index in [0.29, 0.717) is 0 Å². The van der Waals surface area contributed by atoms with E-state index >= 15 is 0 Å². The number of benzene rings is 4. The maximum absolute atomic E-state index is 13.3. The molecule has 0 N–H and O–H groups in total. The minimum absolute atomic E-state index is 0.202. The lowest BCUT2D eigenvalue weighted by atomic mass is 9.93. The Balaban J connectivity index is 1.17. The van der Waals surface area contributed by atoms with Gasteiger partial charge >= 0.3 is 12.1 Å². The summed E-state index contributed by atoms with van der Waals surface area (Å²) in [7, 11) is 0. The molecule has 3 atom stereocenters. The van der Waals surface area contributed by atoms with Crippen molar-refractivity contribution in [1.29, 1.82) is 0 Å². The third kappa shape index (κ3) is 4.94. The average molecular weight is 533 g/mol. The van der Waals surface area contributed by atoms with Crippen molar-refractivity contribution in [3.05, 3.63) is 144 Å². The first-order chi connectivity index (χ1) is 19.6. The third-order valence-electron chi connectivity index (χ3n) is 7.39. The van der Waals surface area contributed by atoms with Gasteiger partial charge in [0.05, 0.1) is 6.54 Å². The maximum Gasteiger partial charge on any atom is 0.411 e. The van der Waals surface area contributed by atoms with E-state index < -0.39 is 36.4 Å². The Morgan fingerprint density at radius 3 is 1.77 bits per heavy atom. The molecule has 40 heavy (non-hydrogen) atoms. The van der Waals surface area contributed by atoms with Crippen molar-refractivity contribution < 1.29 is 23.9 Å². The molecule has 4 aromatic rings. The van der Waals surface area contributed by atoms with Gasteiger partial charge in [0.2, 0.25) is 5.91 Å². The van der Waals surface area contributed by atoms with Crippen molar-refractivity contribution in [2.45, 2.75) is 24.3 Å². The molecule has 0 saturated carbocycles. The molecule has 200 valence electrons. The van der Waals surface area contributed by atoms with Crippen LogP contribution in [0.5, 0.6) is 0 Å². The molecule has 2 aliphatic rings. The van der Waals surface area contributed by atoms with Crippen LogP contribution in [0.1, 0.15) is 40.5 Å². The van der Waals surface area contributed by atoms with Gasteiger partial charge in [0, 0.05) is 0 Å². The van der Waals surface area contributed by atoms with Crippen molar-refractivity contribution >= 4 is 18.0 Å². The molecule has 0 aliphatic carbocycles. The van der Waals surface area contributed by atoms with Crippen LogP contribution in [-0.4, -0.2) is 46.9 Å². The number of carbonyl (C=O) groups is 3. The number of nitrogens with zero attached hydrogens (tertiary/aromatic N) is 2. The lowest BCUT2D eigenvalue weighted by molar-refractivity contribution is -0.161. The smallest absolute Gasteiger partial charge is 0.411 e. The van der Waals surface area contributed by atoms with E-state index in [1.54, 1.807) is 0 Å². The van der Waals surface area contributed by atoms with Crippen LogP contribution < -0.4 is 0 Å². The summed E-state index contributed by atoms with van der Waals surface area (Å²) < 4.78 is 11.7. The molecule has 2 fully saturated rings. The summed E-state index contributed by atoms with van der Waals surface area (Å²) in [4.78, 5) is 42.5. The Morgan fingerprint density at radius 2 is 1.25 bits per heavy atom. The number of carbonyl (C=O) groups excluding carboxylic acids is 3. The normalized spacial score (nSPS) is 20.3. The van der Waals surface area contributed by atoms with E-state index in [1.165, 1.54) is 9.80 Å². The molecule has 2 saturated heterocycles. The minimum Gasteiger partial charge on any atom is -0.451 e. The average Bonchev–Trinajstić information content (AvgIpc) is 3.35. The maximum atomic E-state index is 13.3. The molecule has 7 nitrogen and oxygen atoms in total. The van der Waals surface area contributed by atoms with Crippen LogP contribution in [0.3, 0.4) is 0 Å². The van der Waals surface area contributed by atoms with Crippen LogP contribution in [0, 0.1) is 0 Å². The van der Waals surface area contributed by atoms with Crippen LogP contribution in [-0.2, 0) is 19.1 Å². The van der Waals surface area contributed by atoms with Crippen molar-refractivity contribution in [2.24, 2.45) is 0 Å². The van der Waals surface area contributed by atoms with Crippen LogP contribution in [0.2, 0.25) is 0 Å². The first kappa shape index (κ1) is 25.4. The van der Waals surface area contributed by atoms with Gasteiger partial charge in [-0.25, -0.2) is 4.79 Å². The molecule has 7 heteroatoms. The minimum atomic E-state index is -0.724. The quantitative estimate of drug-likeness (QED) is 0.222. The zero-order chi connectivity index (χ0) is 27.5. The number of likely N-dealkylation sites (tertiary alicyclic amines) is 1. The SMILES string of the molecule is O=C(CN1CC(N2C(=O)OC(c3ccccc3)C2c2ccccc2)C1=O)OC(c1ccccc1)c1ccccc1. The predicted molar refractivity (Wildman–Crippen MR) is 148 cm³/mol. The van der Waals surface area contributed by atoms with E-state index in [1.807, 2.05) is 121 Å². The number of hydrogen-bond acceptors (Lipinski definition) is 5. The summed E-state index contributed by atoms with van der Waals surface area (Å²) in [6, 6.07) is 36.9. The Morgan fingerprint density at radius 1 is 0.750 bits per heavy atom. The third-order valence-corrected chi connectivity index (χ3v) is 7.39. The van der Waals surface area contributed by atoms with Gasteiger partial charge in [-0.2, -0.15) is 0 Å². The number of β-lactam (4-membered cyclic amide) rings is 1. The van der Waals surface area contributed by atoms with E-state index in [4.69, 9.17) is 9.47 Å². The van der Waals surface area contributed by atoms with Crippen LogP contribution in [0.25, 0.3) is 0 Å². The number of rotatable bonds is 8. The highest BCUT2D eigenvalue weighted by atomic mass is 16.6. The number of cyclic esters (lactones) is 1. The second-order valence-corrected chi connectivity index (χ2v) is 9.90. The molecule has 2 heterocycles. The standard InChI is InChI=1S/C33H28N2O5/c36-28(39-30(24-15-7-2-8-16-24)25-17-9-3-10-18-25)22-34-21-27(32(34)37)35-29(23-13-5-1-6-14-23)31(40-33(35)38)26-19-11-4-12-20-26/h1-20,27,29-31H,21-22H2. The van der Waals surface area contributed by atoms with Gasteiger partial charge in [-0.1, -0.05) is 121 Å². The number of ether oxygens (including phenoxy) is 2. The van der Waals surface area contributed by atoms with Gasteiger partial charge in [-0.05, 0) is 22.3 Å². The topological polar surface area (TPSA) is 76.2 Å². The molecular formula is C33H28N2O5. The van der Waals surface area contributed by atoms with Gasteiger partial charge in [0.25, 0.3) is 0 Å². The summed E-state index contributed by atoms with van der Waals surface area (Å²) in [5, 5.41) is 0. The number of esters is 1. The van der Waals surface area contributed by atoms with Gasteiger partial charge in [0.1, 0.15) is 18.6 Å². The van der Waals surface area contributed by atoms with Crippen LogP contribution >= 0.6 is 0 Å². The Bertz CT molecular complexity index is 1440. The van der Waals surface area contributed by atoms with Crippen LogP contribution in [0.4, 0.5) is 4.79 Å². The molecule has 2 aliphatic heterocycles. The number of amides is 2. The highest BCUT2D eigenvalue weighted by Crippen LogP contribution is 2.45. The number of hydrogen-bond donors (Lipinski definition) is 0. The van der Waals surface area contributed by atoms with E-state index in [9.17, 15) is 14.4 Å². The lowest BCUT2D eigenvalue weighted by Gasteiger charge is -2.43. The van der Waals surface area contributed by atoms with Crippen molar-refractivity contribution in [1.82, 2.24) is 9.80 Å². The monoisotopic (exact) mass is 532 g/mol. The molecule has 6 rings (SSSR count). The van der Waals surface area contributed by atoms with E-state index in [-0.39, 0.29) is 19.0 Å². The molecule has 0 bridgehead atoms. The second kappa shape index (κ2) is 11.1. The fourth-order valence-corrected chi connectivity index (χ4v) is 5.43.